The fraction of sp³-hybridized carbons (Fsp3) is 1.00. The average molecular weight is 243 g/mol. The molecule has 0 amide bonds. The minimum Gasteiger partial charge on any atom is -0.353 e. The van der Waals surface area contributed by atoms with Gasteiger partial charge in [-0.05, 0) is 33.2 Å². The molecule has 0 bridgehead atoms. The van der Waals surface area contributed by atoms with Crippen molar-refractivity contribution in [2.45, 2.75) is 65.2 Å². The maximum atomic E-state index is 5.58. The van der Waals surface area contributed by atoms with Gasteiger partial charge in [0.05, 0.1) is 13.2 Å². The summed E-state index contributed by atoms with van der Waals surface area (Å²) in [7, 11) is 0. The van der Waals surface area contributed by atoms with Gasteiger partial charge < -0.3 is 14.4 Å². The van der Waals surface area contributed by atoms with Gasteiger partial charge in [0.1, 0.15) is 0 Å². The monoisotopic (exact) mass is 243 g/mol. The van der Waals surface area contributed by atoms with Gasteiger partial charge in [0.15, 0.2) is 6.29 Å². The molecule has 102 valence electrons. The number of nitrogens with zero attached hydrogens (tertiary/aromatic N) is 1. The number of unbranched alkanes of at least 4 members (excludes halogenated alkanes) is 2. The quantitative estimate of drug-likeness (QED) is 0.612. The topological polar surface area (TPSA) is 21.7 Å². The van der Waals surface area contributed by atoms with E-state index in [1.165, 1.54) is 25.8 Å². The zero-order valence-electron chi connectivity index (χ0n) is 11.8. The first-order valence-corrected chi connectivity index (χ1v) is 7.21. The average Bonchev–Trinajstić information content (AvgIpc) is 2.34. The van der Waals surface area contributed by atoms with E-state index in [4.69, 9.17) is 9.47 Å². The highest BCUT2D eigenvalue weighted by atomic mass is 16.7. The van der Waals surface area contributed by atoms with Gasteiger partial charge in [-0.25, -0.2) is 0 Å². The van der Waals surface area contributed by atoms with Crippen molar-refractivity contribution < 1.29 is 9.47 Å². The molecule has 0 N–H and O–H groups in total. The standard InChI is InChI=1S/C14H29NO2/c1-4-5-6-9-15(13(2)3)10-8-14-16-11-7-12-17-14/h13-14H,4-12H2,1-3H3. The third-order valence-corrected chi connectivity index (χ3v) is 3.33. The van der Waals surface area contributed by atoms with Crippen LogP contribution < -0.4 is 0 Å². The fourth-order valence-corrected chi connectivity index (χ4v) is 2.17. The van der Waals surface area contributed by atoms with Gasteiger partial charge in [-0.1, -0.05) is 19.8 Å². The fourth-order valence-electron chi connectivity index (χ4n) is 2.17. The molecule has 0 aromatic carbocycles. The summed E-state index contributed by atoms with van der Waals surface area (Å²) in [5, 5.41) is 0. The van der Waals surface area contributed by atoms with Crippen molar-refractivity contribution in [3.8, 4) is 0 Å². The molecular weight excluding hydrogens is 214 g/mol. The van der Waals surface area contributed by atoms with E-state index in [1.54, 1.807) is 0 Å². The molecule has 0 aliphatic carbocycles. The summed E-state index contributed by atoms with van der Waals surface area (Å²) in [6.45, 7) is 10.8. The molecule has 0 spiro atoms. The summed E-state index contributed by atoms with van der Waals surface area (Å²) in [4.78, 5) is 2.54. The Labute approximate surface area is 106 Å². The Morgan fingerprint density at radius 2 is 1.82 bits per heavy atom. The molecule has 0 aromatic rings. The van der Waals surface area contributed by atoms with Crippen LogP contribution >= 0.6 is 0 Å². The number of rotatable bonds is 8. The molecule has 0 atom stereocenters. The Balaban J connectivity index is 2.18. The van der Waals surface area contributed by atoms with E-state index >= 15 is 0 Å². The Bertz CT molecular complexity index is 179. The highest BCUT2D eigenvalue weighted by Crippen LogP contribution is 2.11. The van der Waals surface area contributed by atoms with Crippen LogP contribution in [0.4, 0.5) is 0 Å². The first kappa shape index (κ1) is 14.9. The molecular formula is C14H29NO2. The minimum atomic E-state index is 0.0381. The van der Waals surface area contributed by atoms with Crippen molar-refractivity contribution in [1.29, 1.82) is 0 Å². The lowest BCUT2D eigenvalue weighted by molar-refractivity contribution is -0.183. The molecule has 0 radical (unpaired) electrons. The van der Waals surface area contributed by atoms with Crippen molar-refractivity contribution >= 4 is 0 Å². The van der Waals surface area contributed by atoms with Gasteiger partial charge >= 0.3 is 0 Å². The molecule has 1 heterocycles. The van der Waals surface area contributed by atoms with Gasteiger partial charge in [-0.2, -0.15) is 0 Å². The number of hydrogen-bond acceptors (Lipinski definition) is 3. The van der Waals surface area contributed by atoms with Gasteiger partial charge in [0.25, 0.3) is 0 Å². The second-order valence-electron chi connectivity index (χ2n) is 5.15. The molecule has 3 nitrogen and oxygen atoms in total. The highest BCUT2D eigenvalue weighted by Gasteiger charge is 2.16. The summed E-state index contributed by atoms with van der Waals surface area (Å²) in [6.07, 6.45) is 6.02. The minimum absolute atomic E-state index is 0.0381. The second-order valence-corrected chi connectivity index (χ2v) is 5.15. The van der Waals surface area contributed by atoms with Crippen LogP contribution in [0.25, 0.3) is 0 Å². The second kappa shape index (κ2) is 8.90. The molecule has 17 heavy (non-hydrogen) atoms. The van der Waals surface area contributed by atoms with Crippen LogP contribution in [-0.4, -0.2) is 43.5 Å². The van der Waals surface area contributed by atoms with Crippen LogP contribution in [0.3, 0.4) is 0 Å². The van der Waals surface area contributed by atoms with E-state index in [0.29, 0.717) is 6.04 Å². The third kappa shape index (κ3) is 6.39. The summed E-state index contributed by atoms with van der Waals surface area (Å²) < 4.78 is 11.2. The third-order valence-electron chi connectivity index (χ3n) is 3.33. The van der Waals surface area contributed by atoms with Crippen LogP contribution in [-0.2, 0) is 9.47 Å². The Morgan fingerprint density at radius 1 is 1.12 bits per heavy atom. The van der Waals surface area contributed by atoms with Gasteiger partial charge in [0, 0.05) is 19.0 Å². The molecule has 1 aliphatic rings. The van der Waals surface area contributed by atoms with Crippen molar-refractivity contribution in [2.24, 2.45) is 0 Å². The predicted octanol–water partition coefficient (Wildman–Crippen LogP) is 3.04. The largest absolute Gasteiger partial charge is 0.353 e. The van der Waals surface area contributed by atoms with Crippen LogP contribution in [0.2, 0.25) is 0 Å². The molecule has 1 aliphatic heterocycles. The lowest BCUT2D eigenvalue weighted by Gasteiger charge is -2.29. The smallest absolute Gasteiger partial charge is 0.158 e. The molecule has 0 aromatic heterocycles. The lowest BCUT2D eigenvalue weighted by Crippen LogP contribution is -2.36. The molecule has 3 heteroatoms. The van der Waals surface area contributed by atoms with E-state index in [1.807, 2.05) is 0 Å². The number of hydrogen-bond donors (Lipinski definition) is 0. The van der Waals surface area contributed by atoms with Crippen molar-refractivity contribution in [2.75, 3.05) is 26.3 Å². The van der Waals surface area contributed by atoms with E-state index in [2.05, 4.69) is 25.7 Å². The molecule has 1 fully saturated rings. The summed E-state index contributed by atoms with van der Waals surface area (Å²) >= 11 is 0. The van der Waals surface area contributed by atoms with Gasteiger partial charge in [-0.3, -0.25) is 0 Å². The maximum absolute atomic E-state index is 5.58. The first-order valence-electron chi connectivity index (χ1n) is 7.21. The van der Waals surface area contributed by atoms with E-state index < -0.39 is 0 Å². The van der Waals surface area contributed by atoms with Crippen LogP contribution in [0.5, 0.6) is 0 Å². The molecule has 1 saturated heterocycles. The van der Waals surface area contributed by atoms with Gasteiger partial charge in [0.2, 0.25) is 0 Å². The number of ether oxygens (including phenoxy) is 2. The molecule has 0 saturated carbocycles. The normalized spacial score (nSPS) is 18.2. The van der Waals surface area contributed by atoms with Crippen LogP contribution in [0.15, 0.2) is 0 Å². The van der Waals surface area contributed by atoms with E-state index in [-0.39, 0.29) is 6.29 Å². The van der Waals surface area contributed by atoms with Crippen molar-refractivity contribution in [3.05, 3.63) is 0 Å². The summed E-state index contributed by atoms with van der Waals surface area (Å²) in [5.41, 5.74) is 0. The van der Waals surface area contributed by atoms with E-state index in [0.717, 1.165) is 32.6 Å². The van der Waals surface area contributed by atoms with Crippen LogP contribution in [0, 0.1) is 0 Å². The van der Waals surface area contributed by atoms with E-state index in [9.17, 15) is 0 Å². The molecule has 1 rings (SSSR count). The highest BCUT2D eigenvalue weighted by molar-refractivity contribution is 4.65. The maximum Gasteiger partial charge on any atom is 0.158 e. The van der Waals surface area contributed by atoms with Crippen LogP contribution in [0.1, 0.15) is 52.9 Å². The predicted molar refractivity (Wildman–Crippen MR) is 71.2 cm³/mol. The zero-order chi connectivity index (χ0) is 12.5. The zero-order valence-corrected chi connectivity index (χ0v) is 11.8. The Morgan fingerprint density at radius 3 is 2.41 bits per heavy atom. The van der Waals surface area contributed by atoms with Crippen molar-refractivity contribution in [3.63, 3.8) is 0 Å². The molecule has 0 unspecified atom stereocenters. The Kier molecular flexibility index (Phi) is 7.82. The summed E-state index contributed by atoms with van der Waals surface area (Å²) in [5.74, 6) is 0. The van der Waals surface area contributed by atoms with Gasteiger partial charge in [-0.15, -0.1) is 0 Å². The summed E-state index contributed by atoms with van der Waals surface area (Å²) in [6, 6.07) is 0.621. The SMILES string of the molecule is CCCCCN(CCC1OCCCO1)C(C)C. The van der Waals surface area contributed by atoms with Crippen molar-refractivity contribution in [1.82, 2.24) is 4.90 Å². The first-order chi connectivity index (χ1) is 8.24. The Hall–Kier alpha value is -0.120. The lowest BCUT2D eigenvalue weighted by atomic mass is 10.2.